The van der Waals surface area contributed by atoms with E-state index in [1.807, 2.05) is 25.1 Å². The maximum Gasteiger partial charge on any atom is 0.178 e. The Balaban J connectivity index is 2.67. The Morgan fingerprint density at radius 3 is 2.63 bits per heavy atom. The van der Waals surface area contributed by atoms with Gasteiger partial charge in [-0.05, 0) is 49.8 Å². The van der Waals surface area contributed by atoms with Crippen molar-refractivity contribution in [2.45, 2.75) is 56.9 Å². The van der Waals surface area contributed by atoms with Crippen molar-refractivity contribution in [1.29, 1.82) is 0 Å². The third-order valence-electron chi connectivity index (χ3n) is 3.30. The third kappa shape index (κ3) is 5.33. The molecule has 1 unspecified atom stereocenters. The standard InChI is InChI=1S/C15H25NO2S/c1-3-11-19(17,18)15-10-6-8-13(12-15)7-5-9-14(16)4-2/h6,8,10,12,14H,3-5,7,9,11,16H2,1-2H3. The van der Waals surface area contributed by atoms with Gasteiger partial charge in [-0.3, -0.25) is 0 Å². The van der Waals surface area contributed by atoms with Crippen molar-refractivity contribution in [3.63, 3.8) is 0 Å². The van der Waals surface area contributed by atoms with E-state index in [-0.39, 0.29) is 11.8 Å². The van der Waals surface area contributed by atoms with Crippen LogP contribution in [0.1, 0.15) is 45.1 Å². The lowest BCUT2D eigenvalue weighted by Gasteiger charge is -2.09. The predicted molar refractivity (Wildman–Crippen MR) is 80.0 cm³/mol. The summed E-state index contributed by atoms with van der Waals surface area (Å²) in [5.74, 6) is 0.219. The highest BCUT2D eigenvalue weighted by Gasteiger charge is 2.13. The third-order valence-corrected chi connectivity index (χ3v) is 5.21. The second kappa shape index (κ2) is 7.65. The maximum absolute atomic E-state index is 12.0. The minimum Gasteiger partial charge on any atom is -0.328 e. The summed E-state index contributed by atoms with van der Waals surface area (Å²) < 4.78 is 24.0. The molecule has 0 saturated heterocycles. The number of aryl methyl sites for hydroxylation is 1. The van der Waals surface area contributed by atoms with Gasteiger partial charge >= 0.3 is 0 Å². The molecular weight excluding hydrogens is 258 g/mol. The van der Waals surface area contributed by atoms with E-state index in [4.69, 9.17) is 5.73 Å². The molecule has 1 aromatic carbocycles. The van der Waals surface area contributed by atoms with Crippen LogP contribution in [0.3, 0.4) is 0 Å². The van der Waals surface area contributed by atoms with Gasteiger partial charge in [-0.15, -0.1) is 0 Å². The molecule has 19 heavy (non-hydrogen) atoms. The van der Waals surface area contributed by atoms with E-state index in [0.717, 1.165) is 31.2 Å². The van der Waals surface area contributed by atoms with E-state index >= 15 is 0 Å². The Kier molecular flexibility index (Phi) is 6.52. The average molecular weight is 283 g/mol. The lowest BCUT2D eigenvalue weighted by Crippen LogP contribution is -2.18. The van der Waals surface area contributed by atoms with Gasteiger partial charge in [0.15, 0.2) is 9.84 Å². The van der Waals surface area contributed by atoms with E-state index in [2.05, 4.69) is 6.92 Å². The number of rotatable bonds is 8. The van der Waals surface area contributed by atoms with Gasteiger partial charge in [-0.25, -0.2) is 8.42 Å². The molecule has 0 aliphatic carbocycles. The van der Waals surface area contributed by atoms with Crippen LogP contribution in [0.25, 0.3) is 0 Å². The normalized spacial score (nSPS) is 13.4. The number of sulfone groups is 1. The van der Waals surface area contributed by atoms with Crippen molar-refractivity contribution in [1.82, 2.24) is 0 Å². The molecule has 0 amide bonds. The summed E-state index contributed by atoms with van der Waals surface area (Å²) in [4.78, 5) is 0.451. The van der Waals surface area contributed by atoms with Gasteiger partial charge in [0, 0.05) is 6.04 Å². The molecule has 0 radical (unpaired) electrons. The molecule has 2 N–H and O–H groups in total. The minimum absolute atomic E-state index is 0.219. The average Bonchev–Trinajstić information content (AvgIpc) is 2.39. The monoisotopic (exact) mass is 283 g/mol. The second-order valence-corrected chi connectivity index (χ2v) is 7.14. The van der Waals surface area contributed by atoms with Crippen molar-refractivity contribution in [3.05, 3.63) is 29.8 Å². The molecule has 0 aromatic heterocycles. The first kappa shape index (κ1) is 16.2. The summed E-state index contributed by atoms with van der Waals surface area (Å²) in [6, 6.07) is 7.57. The van der Waals surface area contributed by atoms with Crippen molar-refractivity contribution in [2.24, 2.45) is 5.73 Å². The summed E-state index contributed by atoms with van der Waals surface area (Å²) in [5.41, 5.74) is 6.96. The van der Waals surface area contributed by atoms with Crippen molar-refractivity contribution in [3.8, 4) is 0 Å². The molecule has 1 atom stereocenters. The fourth-order valence-corrected chi connectivity index (χ4v) is 3.44. The molecule has 3 nitrogen and oxygen atoms in total. The lowest BCUT2D eigenvalue weighted by molar-refractivity contribution is 0.567. The Morgan fingerprint density at radius 1 is 1.26 bits per heavy atom. The number of hydrogen-bond donors (Lipinski definition) is 1. The van der Waals surface area contributed by atoms with Crippen LogP contribution in [-0.4, -0.2) is 20.2 Å². The molecule has 0 fully saturated rings. The van der Waals surface area contributed by atoms with Gasteiger partial charge in [-0.2, -0.15) is 0 Å². The number of benzene rings is 1. The largest absolute Gasteiger partial charge is 0.328 e. The smallest absolute Gasteiger partial charge is 0.178 e. The van der Waals surface area contributed by atoms with Crippen molar-refractivity contribution in [2.75, 3.05) is 5.75 Å². The fourth-order valence-electron chi connectivity index (χ4n) is 2.05. The summed E-state index contributed by atoms with van der Waals surface area (Å²) in [5, 5.41) is 0. The van der Waals surface area contributed by atoms with Crippen LogP contribution in [0.15, 0.2) is 29.2 Å². The van der Waals surface area contributed by atoms with E-state index in [1.54, 1.807) is 6.07 Å². The maximum atomic E-state index is 12.0. The predicted octanol–water partition coefficient (Wildman–Crippen LogP) is 2.93. The molecule has 0 aliphatic rings. The van der Waals surface area contributed by atoms with E-state index in [9.17, 15) is 8.42 Å². The van der Waals surface area contributed by atoms with Gasteiger partial charge in [0.05, 0.1) is 10.6 Å². The topological polar surface area (TPSA) is 60.2 Å². The fraction of sp³-hybridized carbons (Fsp3) is 0.600. The molecule has 0 heterocycles. The van der Waals surface area contributed by atoms with Crippen LogP contribution < -0.4 is 5.73 Å². The van der Waals surface area contributed by atoms with Gasteiger partial charge < -0.3 is 5.73 Å². The molecule has 1 rings (SSSR count). The first-order valence-corrected chi connectivity index (χ1v) is 8.72. The Bertz CT molecular complexity index is 483. The number of nitrogens with two attached hydrogens (primary N) is 1. The molecule has 1 aromatic rings. The second-order valence-electron chi connectivity index (χ2n) is 5.03. The highest BCUT2D eigenvalue weighted by molar-refractivity contribution is 7.91. The summed E-state index contributed by atoms with van der Waals surface area (Å²) in [6.45, 7) is 3.97. The summed E-state index contributed by atoms with van der Waals surface area (Å²) in [6.07, 6.45) is 4.53. The molecule has 108 valence electrons. The van der Waals surface area contributed by atoms with E-state index in [1.165, 1.54) is 0 Å². The molecular formula is C15H25NO2S. The van der Waals surface area contributed by atoms with Gasteiger partial charge in [0.1, 0.15) is 0 Å². The zero-order chi connectivity index (χ0) is 14.3. The van der Waals surface area contributed by atoms with E-state index in [0.29, 0.717) is 11.3 Å². The minimum atomic E-state index is -3.10. The number of hydrogen-bond acceptors (Lipinski definition) is 3. The quantitative estimate of drug-likeness (QED) is 0.798. The van der Waals surface area contributed by atoms with Crippen molar-refractivity contribution < 1.29 is 8.42 Å². The van der Waals surface area contributed by atoms with Crippen molar-refractivity contribution >= 4 is 9.84 Å². The molecule has 0 aliphatic heterocycles. The lowest BCUT2D eigenvalue weighted by atomic mass is 10.0. The highest BCUT2D eigenvalue weighted by Crippen LogP contribution is 2.16. The highest BCUT2D eigenvalue weighted by atomic mass is 32.2. The van der Waals surface area contributed by atoms with Crippen LogP contribution >= 0.6 is 0 Å². The zero-order valence-electron chi connectivity index (χ0n) is 11.9. The Labute approximate surface area is 117 Å². The van der Waals surface area contributed by atoms with Crippen LogP contribution in [0.5, 0.6) is 0 Å². The van der Waals surface area contributed by atoms with Crippen LogP contribution in [0.2, 0.25) is 0 Å². The zero-order valence-corrected chi connectivity index (χ0v) is 12.7. The summed E-state index contributed by atoms with van der Waals surface area (Å²) >= 11 is 0. The van der Waals surface area contributed by atoms with Gasteiger partial charge in [0.25, 0.3) is 0 Å². The molecule has 4 heteroatoms. The molecule has 0 spiro atoms. The van der Waals surface area contributed by atoms with Gasteiger partial charge in [-0.1, -0.05) is 26.0 Å². The van der Waals surface area contributed by atoms with Crippen LogP contribution in [0.4, 0.5) is 0 Å². The van der Waals surface area contributed by atoms with Crippen LogP contribution in [0, 0.1) is 0 Å². The van der Waals surface area contributed by atoms with Gasteiger partial charge in [0.2, 0.25) is 0 Å². The Hall–Kier alpha value is -0.870. The molecule has 0 bridgehead atoms. The first-order chi connectivity index (χ1) is 8.99. The van der Waals surface area contributed by atoms with Crippen LogP contribution in [-0.2, 0) is 16.3 Å². The first-order valence-electron chi connectivity index (χ1n) is 7.07. The molecule has 0 saturated carbocycles. The SMILES string of the molecule is CCCS(=O)(=O)c1cccc(CCCC(N)CC)c1. The Morgan fingerprint density at radius 2 is 2.00 bits per heavy atom. The van der Waals surface area contributed by atoms with E-state index < -0.39 is 9.84 Å². The summed E-state index contributed by atoms with van der Waals surface area (Å²) in [7, 11) is -3.10.